The Labute approximate surface area is 108 Å². The molecule has 0 heterocycles. The van der Waals surface area contributed by atoms with Crippen molar-refractivity contribution in [2.75, 3.05) is 18.5 Å². The second-order valence-corrected chi connectivity index (χ2v) is 4.11. The van der Waals surface area contributed by atoms with Crippen LogP contribution in [0.5, 0.6) is 0 Å². The highest BCUT2D eigenvalue weighted by Gasteiger charge is 2.09. The summed E-state index contributed by atoms with van der Waals surface area (Å²) in [7, 11) is 0. The minimum Gasteiger partial charge on any atom is -0.389 e. The summed E-state index contributed by atoms with van der Waals surface area (Å²) in [6.07, 6.45) is 0.537. The van der Waals surface area contributed by atoms with Crippen molar-refractivity contribution in [3.8, 4) is 0 Å². The predicted molar refractivity (Wildman–Crippen MR) is 71.4 cm³/mol. The molecule has 0 radical (unpaired) electrons. The summed E-state index contributed by atoms with van der Waals surface area (Å²) in [5.41, 5.74) is 1.41. The first kappa shape index (κ1) is 14.7. The van der Waals surface area contributed by atoms with Crippen molar-refractivity contribution < 1.29 is 14.6 Å². The molecule has 100 valence electrons. The molecule has 0 fully saturated rings. The van der Waals surface area contributed by atoms with Gasteiger partial charge in [0.2, 0.25) is 5.91 Å². The Morgan fingerprint density at radius 1 is 1.44 bits per heavy atom. The lowest BCUT2D eigenvalue weighted by Gasteiger charge is -2.12. The minimum atomic E-state index is -0.593. The molecule has 4 heteroatoms. The largest absolute Gasteiger partial charge is 0.389 e. The zero-order valence-corrected chi connectivity index (χ0v) is 11.0. The van der Waals surface area contributed by atoms with Gasteiger partial charge in [-0.15, -0.1) is 0 Å². The average Bonchev–Trinajstić information content (AvgIpc) is 2.35. The molecule has 1 rings (SSSR count). The van der Waals surface area contributed by atoms with Gasteiger partial charge in [-0.25, -0.2) is 0 Å². The van der Waals surface area contributed by atoms with Gasteiger partial charge >= 0.3 is 0 Å². The highest BCUT2D eigenvalue weighted by atomic mass is 16.5. The molecule has 0 aliphatic heterocycles. The lowest BCUT2D eigenvalue weighted by molar-refractivity contribution is -0.116. The monoisotopic (exact) mass is 251 g/mol. The number of carbonyl (C=O) groups excluding carboxylic acids is 1. The van der Waals surface area contributed by atoms with Crippen molar-refractivity contribution >= 4 is 11.6 Å². The molecule has 0 aromatic heterocycles. The van der Waals surface area contributed by atoms with Gasteiger partial charge in [0.25, 0.3) is 0 Å². The maximum absolute atomic E-state index is 11.7. The topological polar surface area (TPSA) is 58.6 Å². The zero-order chi connectivity index (χ0) is 13.4. The number of aliphatic hydroxyl groups is 1. The third-order valence-electron chi connectivity index (χ3n) is 2.58. The van der Waals surface area contributed by atoms with E-state index in [1.54, 1.807) is 19.1 Å². The van der Waals surface area contributed by atoms with Crippen LogP contribution in [0, 0.1) is 0 Å². The minimum absolute atomic E-state index is 0.0530. The van der Waals surface area contributed by atoms with Crippen molar-refractivity contribution in [3.05, 3.63) is 29.8 Å². The normalized spacial score (nSPS) is 12.2. The van der Waals surface area contributed by atoms with Gasteiger partial charge in [0.15, 0.2) is 0 Å². The van der Waals surface area contributed by atoms with Crippen LogP contribution >= 0.6 is 0 Å². The summed E-state index contributed by atoms with van der Waals surface area (Å²) in [5.74, 6) is -0.0530. The molecule has 1 amide bonds. The van der Waals surface area contributed by atoms with Crippen LogP contribution in [0.2, 0.25) is 0 Å². The Balaban J connectivity index is 2.49. The molecular formula is C14H21NO3. The van der Waals surface area contributed by atoms with Gasteiger partial charge in [-0.1, -0.05) is 18.2 Å². The van der Waals surface area contributed by atoms with Gasteiger partial charge in [-0.3, -0.25) is 4.79 Å². The number of aliphatic hydroxyl groups excluding tert-OH is 1. The standard InChI is InChI=1S/C14H21NO3/c1-3-18-10-6-9-14(17)15-13-8-5-4-7-12(13)11(2)16/h4-5,7-8,11,16H,3,6,9-10H2,1-2H3,(H,15,17). The molecule has 0 saturated carbocycles. The number of carbonyl (C=O) groups is 1. The molecule has 0 saturated heterocycles. The van der Waals surface area contributed by atoms with E-state index in [9.17, 15) is 9.90 Å². The molecule has 1 unspecified atom stereocenters. The van der Waals surface area contributed by atoms with Gasteiger partial charge < -0.3 is 15.2 Å². The van der Waals surface area contributed by atoms with Gasteiger partial charge in [0.05, 0.1) is 6.10 Å². The van der Waals surface area contributed by atoms with Gasteiger partial charge in [0.1, 0.15) is 0 Å². The second kappa shape index (κ2) is 7.84. The van der Waals surface area contributed by atoms with E-state index < -0.39 is 6.10 Å². The molecule has 2 N–H and O–H groups in total. The van der Waals surface area contributed by atoms with E-state index in [-0.39, 0.29) is 5.91 Å². The first-order valence-corrected chi connectivity index (χ1v) is 6.29. The number of ether oxygens (including phenoxy) is 1. The summed E-state index contributed by atoms with van der Waals surface area (Å²) in [4.78, 5) is 11.7. The number of hydrogen-bond acceptors (Lipinski definition) is 3. The quantitative estimate of drug-likeness (QED) is 0.732. The van der Waals surface area contributed by atoms with E-state index in [1.807, 2.05) is 19.1 Å². The van der Waals surface area contributed by atoms with Crippen LogP contribution in [0.25, 0.3) is 0 Å². The van der Waals surface area contributed by atoms with Crippen molar-refractivity contribution in [1.29, 1.82) is 0 Å². The number of para-hydroxylation sites is 1. The fraction of sp³-hybridized carbons (Fsp3) is 0.500. The molecule has 18 heavy (non-hydrogen) atoms. The Morgan fingerprint density at radius 2 is 2.17 bits per heavy atom. The molecule has 4 nitrogen and oxygen atoms in total. The number of benzene rings is 1. The third-order valence-corrected chi connectivity index (χ3v) is 2.58. The lowest BCUT2D eigenvalue weighted by atomic mass is 10.1. The van der Waals surface area contributed by atoms with E-state index in [0.717, 1.165) is 5.56 Å². The van der Waals surface area contributed by atoms with E-state index in [1.165, 1.54) is 0 Å². The van der Waals surface area contributed by atoms with Crippen LogP contribution in [0.4, 0.5) is 5.69 Å². The summed E-state index contributed by atoms with van der Waals surface area (Å²) in [5, 5.41) is 12.4. The summed E-state index contributed by atoms with van der Waals surface area (Å²) >= 11 is 0. The third kappa shape index (κ3) is 4.85. The number of amides is 1. The fourth-order valence-electron chi connectivity index (χ4n) is 1.67. The van der Waals surface area contributed by atoms with Crippen LogP contribution in [-0.4, -0.2) is 24.2 Å². The van der Waals surface area contributed by atoms with Crippen molar-refractivity contribution in [2.45, 2.75) is 32.8 Å². The van der Waals surface area contributed by atoms with Gasteiger partial charge in [-0.05, 0) is 26.3 Å². The number of hydrogen-bond donors (Lipinski definition) is 2. The summed E-state index contributed by atoms with van der Waals surface area (Å²) in [6.45, 7) is 4.88. The maximum atomic E-state index is 11.7. The number of anilines is 1. The zero-order valence-electron chi connectivity index (χ0n) is 11.0. The fourth-order valence-corrected chi connectivity index (χ4v) is 1.67. The SMILES string of the molecule is CCOCCCC(=O)Nc1ccccc1C(C)O. The highest BCUT2D eigenvalue weighted by Crippen LogP contribution is 2.22. The molecule has 1 aromatic carbocycles. The smallest absolute Gasteiger partial charge is 0.224 e. The van der Waals surface area contributed by atoms with Crippen LogP contribution in [0.1, 0.15) is 38.4 Å². The molecule has 0 aliphatic carbocycles. The van der Waals surface area contributed by atoms with E-state index >= 15 is 0 Å². The van der Waals surface area contributed by atoms with Crippen molar-refractivity contribution in [1.82, 2.24) is 0 Å². The molecule has 0 spiro atoms. The molecule has 0 aliphatic rings. The van der Waals surface area contributed by atoms with Gasteiger partial charge in [-0.2, -0.15) is 0 Å². The van der Waals surface area contributed by atoms with Crippen molar-refractivity contribution in [2.24, 2.45) is 0 Å². The van der Waals surface area contributed by atoms with E-state index in [4.69, 9.17) is 4.74 Å². The molecule has 1 atom stereocenters. The van der Waals surface area contributed by atoms with Crippen LogP contribution < -0.4 is 5.32 Å². The highest BCUT2D eigenvalue weighted by molar-refractivity contribution is 5.91. The number of nitrogens with one attached hydrogen (secondary N) is 1. The number of rotatable bonds is 7. The van der Waals surface area contributed by atoms with E-state index in [0.29, 0.717) is 31.7 Å². The van der Waals surface area contributed by atoms with Crippen LogP contribution in [-0.2, 0) is 9.53 Å². The summed E-state index contributed by atoms with van der Waals surface area (Å²) < 4.78 is 5.18. The summed E-state index contributed by atoms with van der Waals surface area (Å²) in [6, 6.07) is 7.28. The molecule has 1 aromatic rings. The maximum Gasteiger partial charge on any atom is 0.224 e. The first-order valence-electron chi connectivity index (χ1n) is 6.29. The lowest BCUT2D eigenvalue weighted by Crippen LogP contribution is -2.14. The first-order chi connectivity index (χ1) is 8.65. The Bertz CT molecular complexity index is 377. The second-order valence-electron chi connectivity index (χ2n) is 4.11. The predicted octanol–water partition coefficient (Wildman–Crippen LogP) is 2.50. The van der Waals surface area contributed by atoms with Crippen LogP contribution in [0.15, 0.2) is 24.3 Å². The van der Waals surface area contributed by atoms with E-state index in [2.05, 4.69) is 5.32 Å². The van der Waals surface area contributed by atoms with Gasteiger partial charge in [0, 0.05) is 30.9 Å². The van der Waals surface area contributed by atoms with Crippen LogP contribution in [0.3, 0.4) is 0 Å². The molecule has 0 bridgehead atoms. The Hall–Kier alpha value is -1.39. The van der Waals surface area contributed by atoms with Crippen molar-refractivity contribution in [3.63, 3.8) is 0 Å². The average molecular weight is 251 g/mol. The Morgan fingerprint density at radius 3 is 2.83 bits per heavy atom. The Kier molecular flexibility index (Phi) is 6.39. The molecular weight excluding hydrogens is 230 g/mol.